The van der Waals surface area contributed by atoms with Crippen molar-refractivity contribution in [1.82, 2.24) is 10.6 Å². The van der Waals surface area contributed by atoms with Gasteiger partial charge in [0.1, 0.15) is 0 Å². The second-order valence-electron chi connectivity index (χ2n) is 2.69. The number of nitriles is 1. The first-order chi connectivity index (χ1) is 6.18. The lowest BCUT2D eigenvalue weighted by atomic mass is 10.3. The number of carbonyl (C=O) groups excluding carboxylic acids is 1. The summed E-state index contributed by atoms with van der Waals surface area (Å²) >= 11 is 0. The van der Waals surface area contributed by atoms with Gasteiger partial charge in [0.2, 0.25) is 5.91 Å². The molecule has 0 aliphatic rings. The second-order valence-corrected chi connectivity index (χ2v) is 2.69. The van der Waals surface area contributed by atoms with Gasteiger partial charge in [0.25, 0.3) is 0 Å². The van der Waals surface area contributed by atoms with E-state index in [0.717, 1.165) is 0 Å². The molecule has 1 amide bonds. The normalized spacial score (nSPS) is 8.92. The number of nitrogens with zero attached hydrogens (tertiary/aromatic N) is 1. The van der Waals surface area contributed by atoms with Gasteiger partial charge in [0.15, 0.2) is 0 Å². The minimum absolute atomic E-state index is 0.123. The molecule has 0 atom stereocenters. The van der Waals surface area contributed by atoms with E-state index in [1.165, 1.54) is 0 Å². The third-order valence-corrected chi connectivity index (χ3v) is 1.39. The summed E-state index contributed by atoms with van der Waals surface area (Å²) in [6.07, 6.45) is 0.494. The maximum absolute atomic E-state index is 10.9. The molecular formula is C9H15N3O. The SMILES string of the molecule is C=C(C)C(=O)NCCNCCC#N. The Morgan fingerprint density at radius 3 is 2.69 bits per heavy atom. The van der Waals surface area contributed by atoms with Crippen LogP contribution in [-0.4, -0.2) is 25.5 Å². The van der Waals surface area contributed by atoms with Crippen LogP contribution in [0.5, 0.6) is 0 Å². The number of hydrogen-bond acceptors (Lipinski definition) is 3. The van der Waals surface area contributed by atoms with Crippen LogP contribution in [0.2, 0.25) is 0 Å². The summed E-state index contributed by atoms with van der Waals surface area (Å²) in [6.45, 7) is 7.09. The fraction of sp³-hybridized carbons (Fsp3) is 0.556. The van der Waals surface area contributed by atoms with Gasteiger partial charge in [0, 0.05) is 31.6 Å². The summed E-state index contributed by atoms with van der Waals surface area (Å²) in [7, 11) is 0. The standard InChI is InChI=1S/C9H15N3O/c1-8(2)9(13)12-7-6-11-5-3-4-10/h11H,1,3,5-7H2,2H3,(H,12,13). The van der Waals surface area contributed by atoms with Crippen LogP contribution in [-0.2, 0) is 4.79 Å². The van der Waals surface area contributed by atoms with E-state index in [-0.39, 0.29) is 5.91 Å². The summed E-state index contributed by atoms with van der Waals surface area (Å²) in [5.74, 6) is -0.123. The highest BCUT2D eigenvalue weighted by Crippen LogP contribution is 1.83. The molecule has 0 aromatic heterocycles. The van der Waals surface area contributed by atoms with E-state index in [4.69, 9.17) is 5.26 Å². The Balaban J connectivity index is 3.22. The number of hydrogen-bond donors (Lipinski definition) is 2. The van der Waals surface area contributed by atoms with Gasteiger partial charge in [-0.3, -0.25) is 4.79 Å². The fourth-order valence-electron chi connectivity index (χ4n) is 0.685. The van der Waals surface area contributed by atoms with Gasteiger partial charge in [-0.15, -0.1) is 0 Å². The van der Waals surface area contributed by atoms with Gasteiger partial charge in [-0.05, 0) is 6.92 Å². The van der Waals surface area contributed by atoms with E-state index in [1.807, 2.05) is 6.07 Å². The number of amides is 1. The van der Waals surface area contributed by atoms with Crippen molar-refractivity contribution in [1.29, 1.82) is 5.26 Å². The van der Waals surface area contributed by atoms with Crippen LogP contribution in [0.25, 0.3) is 0 Å². The number of carbonyl (C=O) groups is 1. The van der Waals surface area contributed by atoms with Crippen molar-refractivity contribution in [3.63, 3.8) is 0 Å². The minimum Gasteiger partial charge on any atom is -0.351 e. The summed E-state index contributed by atoms with van der Waals surface area (Å²) in [6, 6.07) is 2.02. The van der Waals surface area contributed by atoms with Crippen LogP contribution in [0, 0.1) is 11.3 Å². The van der Waals surface area contributed by atoms with Crippen LogP contribution in [0.4, 0.5) is 0 Å². The zero-order chi connectivity index (χ0) is 10.1. The lowest BCUT2D eigenvalue weighted by molar-refractivity contribution is -0.117. The van der Waals surface area contributed by atoms with E-state index in [1.54, 1.807) is 6.92 Å². The summed E-state index contributed by atoms with van der Waals surface area (Å²) in [5.41, 5.74) is 0.511. The Hall–Kier alpha value is -1.34. The van der Waals surface area contributed by atoms with Crippen LogP contribution >= 0.6 is 0 Å². The summed E-state index contributed by atoms with van der Waals surface area (Å²) in [5, 5.41) is 13.9. The van der Waals surface area contributed by atoms with Crippen molar-refractivity contribution in [2.24, 2.45) is 0 Å². The van der Waals surface area contributed by atoms with Gasteiger partial charge >= 0.3 is 0 Å². The number of rotatable bonds is 6. The zero-order valence-electron chi connectivity index (χ0n) is 7.89. The maximum atomic E-state index is 10.9. The van der Waals surface area contributed by atoms with Crippen molar-refractivity contribution in [2.75, 3.05) is 19.6 Å². The molecule has 0 aromatic rings. The predicted octanol–water partition coefficient (Wildman–Crippen LogP) is 0.182. The maximum Gasteiger partial charge on any atom is 0.246 e. The Kier molecular flexibility index (Phi) is 6.56. The molecule has 0 rings (SSSR count). The van der Waals surface area contributed by atoms with Crippen molar-refractivity contribution in [3.05, 3.63) is 12.2 Å². The third-order valence-electron chi connectivity index (χ3n) is 1.39. The first-order valence-corrected chi connectivity index (χ1v) is 4.20. The van der Waals surface area contributed by atoms with Crippen LogP contribution in [0.3, 0.4) is 0 Å². The van der Waals surface area contributed by atoms with Gasteiger partial charge in [-0.2, -0.15) is 5.26 Å². The van der Waals surface area contributed by atoms with E-state index in [2.05, 4.69) is 17.2 Å². The predicted molar refractivity (Wildman–Crippen MR) is 50.9 cm³/mol. The van der Waals surface area contributed by atoms with Crippen LogP contribution in [0.1, 0.15) is 13.3 Å². The second kappa shape index (κ2) is 7.32. The van der Waals surface area contributed by atoms with E-state index in [9.17, 15) is 4.79 Å². The molecule has 0 saturated heterocycles. The lowest BCUT2D eigenvalue weighted by Crippen LogP contribution is -2.32. The summed E-state index contributed by atoms with van der Waals surface area (Å²) < 4.78 is 0. The van der Waals surface area contributed by atoms with Crippen molar-refractivity contribution < 1.29 is 4.79 Å². The van der Waals surface area contributed by atoms with Gasteiger partial charge in [-0.1, -0.05) is 6.58 Å². The Morgan fingerprint density at radius 2 is 2.15 bits per heavy atom. The quantitative estimate of drug-likeness (QED) is 0.454. The van der Waals surface area contributed by atoms with Crippen molar-refractivity contribution in [3.8, 4) is 6.07 Å². The molecular weight excluding hydrogens is 166 g/mol. The Bertz CT molecular complexity index is 217. The zero-order valence-corrected chi connectivity index (χ0v) is 7.89. The smallest absolute Gasteiger partial charge is 0.246 e. The Morgan fingerprint density at radius 1 is 1.46 bits per heavy atom. The molecule has 4 nitrogen and oxygen atoms in total. The van der Waals surface area contributed by atoms with Crippen molar-refractivity contribution in [2.45, 2.75) is 13.3 Å². The molecule has 0 saturated carbocycles. The Labute approximate surface area is 78.6 Å². The molecule has 0 aliphatic heterocycles. The molecule has 4 heteroatoms. The van der Waals surface area contributed by atoms with Crippen LogP contribution < -0.4 is 10.6 Å². The molecule has 72 valence electrons. The molecule has 0 spiro atoms. The highest BCUT2D eigenvalue weighted by Gasteiger charge is 1.98. The first kappa shape index (κ1) is 11.7. The van der Waals surface area contributed by atoms with E-state index >= 15 is 0 Å². The average Bonchev–Trinajstić information content (AvgIpc) is 2.10. The molecule has 2 N–H and O–H groups in total. The highest BCUT2D eigenvalue weighted by molar-refractivity contribution is 5.92. The minimum atomic E-state index is -0.123. The van der Waals surface area contributed by atoms with Crippen molar-refractivity contribution >= 4 is 5.91 Å². The van der Waals surface area contributed by atoms with Gasteiger partial charge in [0.05, 0.1) is 6.07 Å². The van der Waals surface area contributed by atoms with Crippen LogP contribution in [0.15, 0.2) is 12.2 Å². The highest BCUT2D eigenvalue weighted by atomic mass is 16.1. The first-order valence-electron chi connectivity index (χ1n) is 4.20. The fourth-order valence-corrected chi connectivity index (χ4v) is 0.685. The largest absolute Gasteiger partial charge is 0.351 e. The molecule has 0 unspecified atom stereocenters. The van der Waals surface area contributed by atoms with E-state index < -0.39 is 0 Å². The molecule has 0 radical (unpaired) electrons. The van der Waals surface area contributed by atoms with Gasteiger partial charge in [-0.25, -0.2) is 0 Å². The molecule has 0 fully saturated rings. The summed E-state index contributed by atoms with van der Waals surface area (Å²) in [4.78, 5) is 10.9. The molecule has 13 heavy (non-hydrogen) atoms. The monoisotopic (exact) mass is 181 g/mol. The topological polar surface area (TPSA) is 64.9 Å². The molecule has 0 heterocycles. The number of nitrogens with one attached hydrogen (secondary N) is 2. The molecule has 0 aromatic carbocycles. The molecule has 0 bridgehead atoms. The van der Waals surface area contributed by atoms with E-state index in [0.29, 0.717) is 31.6 Å². The lowest BCUT2D eigenvalue weighted by Gasteiger charge is -2.04. The molecule has 0 aliphatic carbocycles. The average molecular weight is 181 g/mol. The van der Waals surface area contributed by atoms with Gasteiger partial charge < -0.3 is 10.6 Å². The third kappa shape index (κ3) is 7.04.